The van der Waals surface area contributed by atoms with Gasteiger partial charge in [-0.2, -0.15) is 13.2 Å². The van der Waals surface area contributed by atoms with E-state index in [9.17, 15) is 13.2 Å². The molecule has 0 aliphatic rings. The summed E-state index contributed by atoms with van der Waals surface area (Å²) >= 11 is 6.76. The van der Waals surface area contributed by atoms with Crippen LogP contribution in [0.1, 0.15) is 10.4 Å². The molecule has 0 aliphatic heterocycles. The van der Waals surface area contributed by atoms with Crippen molar-refractivity contribution in [3.8, 4) is 0 Å². The fourth-order valence-electron chi connectivity index (χ4n) is 1.28. The van der Waals surface area contributed by atoms with Crippen molar-refractivity contribution in [2.45, 2.75) is 6.18 Å². The van der Waals surface area contributed by atoms with Crippen molar-refractivity contribution in [1.82, 2.24) is 4.98 Å². The van der Waals surface area contributed by atoms with Gasteiger partial charge in [0, 0.05) is 12.4 Å². The monoisotopic (exact) mass is 290 g/mol. The molecule has 0 saturated heterocycles. The fraction of sp³-hybridized carbons (Fsp3) is 0.0909. The van der Waals surface area contributed by atoms with Crippen molar-refractivity contribution in [1.29, 1.82) is 0 Å². The van der Waals surface area contributed by atoms with Gasteiger partial charge in [-0.05, 0) is 12.1 Å². The second-order valence-electron chi connectivity index (χ2n) is 3.29. The molecule has 0 fully saturated rings. The van der Waals surface area contributed by atoms with Crippen LogP contribution in [0.15, 0.2) is 35.5 Å². The first-order valence-electron chi connectivity index (χ1n) is 4.78. The molecule has 0 spiro atoms. The van der Waals surface area contributed by atoms with Crippen LogP contribution < -0.4 is 0 Å². The molecule has 7 heteroatoms. The SMILES string of the molecule is FC(F)(F)c1ccccc1N=Cc1cnc(Cl)s1. The van der Waals surface area contributed by atoms with Crippen LogP contribution in [0.2, 0.25) is 4.47 Å². The first kappa shape index (κ1) is 13.0. The maximum Gasteiger partial charge on any atom is 0.418 e. The Labute approximate surface area is 110 Å². The van der Waals surface area contributed by atoms with E-state index in [1.807, 2.05) is 0 Å². The Morgan fingerprint density at radius 1 is 1.28 bits per heavy atom. The van der Waals surface area contributed by atoms with Gasteiger partial charge in [0.05, 0.1) is 16.1 Å². The molecule has 0 bridgehead atoms. The van der Waals surface area contributed by atoms with Gasteiger partial charge in [0.25, 0.3) is 0 Å². The number of thiazole rings is 1. The van der Waals surface area contributed by atoms with Crippen LogP contribution in [0.5, 0.6) is 0 Å². The fourth-order valence-corrected chi connectivity index (χ4v) is 2.11. The van der Waals surface area contributed by atoms with Gasteiger partial charge in [0.1, 0.15) is 0 Å². The molecule has 0 saturated carbocycles. The maximum atomic E-state index is 12.7. The molecule has 1 aromatic carbocycles. The molecular formula is C11H6ClF3N2S. The number of aliphatic imine (C=N–C) groups is 1. The minimum atomic E-state index is -4.42. The number of nitrogens with zero attached hydrogens (tertiary/aromatic N) is 2. The standard InChI is InChI=1S/C11H6ClF3N2S/c12-10-17-6-7(18-10)5-16-9-4-2-1-3-8(9)11(13,14)15/h1-6H. The van der Waals surface area contributed by atoms with Crippen molar-refractivity contribution in [3.63, 3.8) is 0 Å². The second kappa shape index (κ2) is 5.07. The minimum Gasteiger partial charge on any atom is -0.255 e. The van der Waals surface area contributed by atoms with E-state index < -0.39 is 11.7 Å². The van der Waals surface area contributed by atoms with Crippen LogP contribution in [0.3, 0.4) is 0 Å². The predicted molar refractivity (Wildman–Crippen MR) is 65.8 cm³/mol. The number of hydrogen-bond acceptors (Lipinski definition) is 3. The summed E-state index contributed by atoms with van der Waals surface area (Å²) in [5.41, 5.74) is -0.897. The molecule has 1 heterocycles. The molecule has 1 aromatic heterocycles. The Balaban J connectivity index is 2.32. The van der Waals surface area contributed by atoms with Gasteiger partial charge in [0.2, 0.25) is 0 Å². The van der Waals surface area contributed by atoms with Gasteiger partial charge in [-0.3, -0.25) is 4.99 Å². The van der Waals surface area contributed by atoms with Crippen molar-refractivity contribution in [2.75, 3.05) is 0 Å². The Bertz CT molecular complexity index is 578. The molecule has 0 atom stereocenters. The minimum absolute atomic E-state index is 0.130. The Hall–Kier alpha value is -1.40. The van der Waals surface area contributed by atoms with Gasteiger partial charge < -0.3 is 0 Å². The topological polar surface area (TPSA) is 25.2 Å². The Morgan fingerprint density at radius 2 is 2.00 bits per heavy atom. The summed E-state index contributed by atoms with van der Waals surface area (Å²) in [6.45, 7) is 0. The van der Waals surface area contributed by atoms with Crippen LogP contribution in [0.4, 0.5) is 18.9 Å². The molecule has 2 rings (SSSR count). The normalized spacial score (nSPS) is 12.2. The van der Waals surface area contributed by atoms with E-state index in [-0.39, 0.29) is 5.69 Å². The lowest BCUT2D eigenvalue weighted by atomic mass is 10.2. The zero-order valence-corrected chi connectivity index (χ0v) is 10.4. The number of aromatic nitrogens is 1. The summed E-state index contributed by atoms with van der Waals surface area (Å²) in [4.78, 5) is 8.19. The molecule has 0 amide bonds. The van der Waals surface area contributed by atoms with E-state index in [0.29, 0.717) is 9.34 Å². The Kier molecular flexibility index (Phi) is 3.68. The van der Waals surface area contributed by atoms with E-state index in [0.717, 1.165) is 17.4 Å². The number of halogens is 4. The largest absolute Gasteiger partial charge is 0.418 e. The van der Waals surface area contributed by atoms with Crippen molar-refractivity contribution in [3.05, 3.63) is 45.4 Å². The lowest BCUT2D eigenvalue weighted by molar-refractivity contribution is -0.137. The molecule has 0 radical (unpaired) electrons. The molecular weight excluding hydrogens is 285 g/mol. The lowest BCUT2D eigenvalue weighted by Crippen LogP contribution is -2.04. The van der Waals surface area contributed by atoms with Crippen LogP contribution in [-0.4, -0.2) is 11.2 Å². The van der Waals surface area contributed by atoms with Crippen molar-refractivity contribution >= 4 is 34.8 Å². The summed E-state index contributed by atoms with van der Waals surface area (Å²) in [5, 5.41) is 0. The van der Waals surface area contributed by atoms with E-state index in [1.54, 1.807) is 0 Å². The third-order valence-corrected chi connectivity index (χ3v) is 3.09. The average Bonchev–Trinajstić information content (AvgIpc) is 2.72. The second-order valence-corrected chi connectivity index (χ2v) is 4.93. The molecule has 0 aliphatic carbocycles. The highest BCUT2D eigenvalue weighted by atomic mass is 35.5. The first-order valence-corrected chi connectivity index (χ1v) is 5.98. The van der Waals surface area contributed by atoms with Crippen LogP contribution in [0.25, 0.3) is 0 Å². The maximum absolute atomic E-state index is 12.7. The van der Waals surface area contributed by atoms with Crippen LogP contribution in [0, 0.1) is 0 Å². The molecule has 94 valence electrons. The molecule has 18 heavy (non-hydrogen) atoms. The summed E-state index contributed by atoms with van der Waals surface area (Å²) < 4.78 is 38.3. The highest BCUT2D eigenvalue weighted by molar-refractivity contribution is 7.17. The summed E-state index contributed by atoms with van der Waals surface area (Å²) in [7, 11) is 0. The van der Waals surface area contributed by atoms with Gasteiger partial charge in [-0.25, -0.2) is 4.98 Å². The summed E-state index contributed by atoms with van der Waals surface area (Å²) in [5.74, 6) is 0. The van der Waals surface area contributed by atoms with Gasteiger partial charge in [0.15, 0.2) is 4.47 Å². The third kappa shape index (κ3) is 3.08. The first-order chi connectivity index (χ1) is 8.47. The van der Waals surface area contributed by atoms with E-state index in [2.05, 4.69) is 9.98 Å². The molecule has 2 aromatic rings. The van der Waals surface area contributed by atoms with Crippen molar-refractivity contribution in [2.24, 2.45) is 4.99 Å². The van der Waals surface area contributed by atoms with Crippen LogP contribution >= 0.6 is 22.9 Å². The molecule has 0 unspecified atom stereocenters. The number of benzene rings is 1. The molecule has 0 N–H and O–H groups in total. The van der Waals surface area contributed by atoms with E-state index in [4.69, 9.17) is 11.6 Å². The van der Waals surface area contributed by atoms with E-state index in [1.165, 1.54) is 30.6 Å². The number of hydrogen-bond donors (Lipinski definition) is 0. The van der Waals surface area contributed by atoms with Gasteiger partial charge >= 0.3 is 6.18 Å². The van der Waals surface area contributed by atoms with Crippen LogP contribution in [-0.2, 0) is 6.18 Å². The van der Waals surface area contributed by atoms with Gasteiger partial charge in [-0.15, -0.1) is 11.3 Å². The Morgan fingerprint density at radius 3 is 2.61 bits per heavy atom. The number of rotatable bonds is 2. The number of alkyl halides is 3. The van der Waals surface area contributed by atoms with Gasteiger partial charge in [-0.1, -0.05) is 23.7 Å². The number of para-hydroxylation sites is 1. The smallest absolute Gasteiger partial charge is 0.255 e. The average molecular weight is 291 g/mol. The highest BCUT2D eigenvalue weighted by Crippen LogP contribution is 2.36. The van der Waals surface area contributed by atoms with Crippen molar-refractivity contribution < 1.29 is 13.2 Å². The lowest BCUT2D eigenvalue weighted by Gasteiger charge is -2.08. The molecule has 2 nitrogen and oxygen atoms in total. The van der Waals surface area contributed by atoms with E-state index >= 15 is 0 Å². The quantitative estimate of drug-likeness (QED) is 0.744. The summed E-state index contributed by atoms with van der Waals surface area (Å²) in [6, 6.07) is 5.13. The zero-order chi connectivity index (χ0) is 13.2. The highest BCUT2D eigenvalue weighted by Gasteiger charge is 2.32. The summed E-state index contributed by atoms with van der Waals surface area (Å²) in [6.07, 6.45) is -1.65. The third-order valence-electron chi connectivity index (χ3n) is 2.04. The zero-order valence-electron chi connectivity index (χ0n) is 8.78. The predicted octanol–water partition coefficient (Wildman–Crippen LogP) is 4.57.